The summed E-state index contributed by atoms with van der Waals surface area (Å²) in [5.41, 5.74) is 1.13. The van der Waals surface area contributed by atoms with Gasteiger partial charge in [0.2, 0.25) is 0 Å². The molecule has 0 radical (unpaired) electrons. The zero-order valence-electron chi connectivity index (χ0n) is 12.6. The second-order valence-electron chi connectivity index (χ2n) is 5.28. The summed E-state index contributed by atoms with van der Waals surface area (Å²) in [7, 11) is -3.69. The molecule has 0 bridgehead atoms. The zero-order chi connectivity index (χ0) is 17.2. The predicted octanol–water partition coefficient (Wildman–Crippen LogP) is 3.80. The Kier molecular flexibility index (Phi) is 4.55. The molecule has 0 saturated heterocycles. The van der Waals surface area contributed by atoms with Crippen LogP contribution in [0, 0.1) is 0 Å². The molecule has 122 valence electrons. The minimum atomic E-state index is -3.69. The van der Waals surface area contributed by atoms with Crippen molar-refractivity contribution in [1.82, 2.24) is 3.97 Å². The van der Waals surface area contributed by atoms with Crippen molar-refractivity contribution in [2.75, 3.05) is 0 Å². The Hall–Kier alpha value is -2.37. The molecule has 0 unspecified atom stereocenters. The van der Waals surface area contributed by atoms with Crippen molar-refractivity contribution < 1.29 is 13.2 Å². The third-order valence-corrected chi connectivity index (χ3v) is 5.45. The summed E-state index contributed by atoms with van der Waals surface area (Å²) in [6.07, 6.45) is 3.07. The van der Waals surface area contributed by atoms with E-state index in [0.717, 1.165) is 9.54 Å². The second-order valence-corrected chi connectivity index (χ2v) is 7.56. The minimum Gasteiger partial charge on any atom is -0.294 e. The van der Waals surface area contributed by atoms with E-state index < -0.39 is 10.0 Å². The third-order valence-electron chi connectivity index (χ3n) is 3.56. The number of Topliss-reactive ketones (excluding diaryl/α,β-unsaturated/α-hetero) is 1. The number of aromatic nitrogens is 1. The van der Waals surface area contributed by atoms with Crippen molar-refractivity contribution in [2.24, 2.45) is 0 Å². The van der Waals surface area contributed by atoms with Crippen LogP contribution in [-0.2, 0) is 16.4 Å². The Morgan fingerprint density at radius 1 is 0.958 bits per heavy atom. The highest BCUT2D eigenvalue weighted by Gasteiger charge is 2.17. The molecule has 1 heterocycles. The molecular formula is C18H14ClNO3S. The number of halogens is 1. The largest absolute Gasteiger partial charge is 0.294 e. The van der Waals surface area contributed by atoms with Gasteiger partial charge in [-0.2, -0.15) is 0 Å². The molecule has 0 aliphatic rings. The number of benzene rings is 2. The van der Waals surface area contributed by atoms with Crippen molar-refractivity contribution in [3.63, 3.8) is 0 Å². The van der Waals surface area contributed by atoms with Crippen molar-refractivity contribution in [3.05, 3.63) is 89.2 Å². The average molecular weight is 360 g/mol. The Bertz CT molecular complexity index is 979. The fraction of sp³-hybridized carbons (Fsp3) is 0.0556. The topological polar surface area (TPSA) is 56.1 Å². The molecule has 6 heteroatoms. The van der Waals surface area contributed by atoms with Crippen LogP contribution in [0.5, 0.6) is 0 Å². The number of hydrogen-bond donors (Lipinski definition) is 0. The van der Waals surface area contributed by atoms with Gasteiger partial charge >= 0.3 is 0 Å². The molecule has 0 fully saturated rings. The van der Waals surface area contributed by atoms with Crippen LogP contribution < -0.4 is 0 Å². The average Bonchev–Trinajstić information content (AvgIpc) is 3.10. The molecule has 0 saturated carbocycles. The van der Waals surface area contributed by atoms with Gasteiger partial charge in [-0.05, 0) is 42.0 Å². The first kappa shape index (κ1) is 16.5. The van der Waals surface area contributed by atoms with Crippen LogP contribution in [0.15, 0.2) is 78.0 Å². The summed E-state index contributed by atoms with van der Waals surface area (Å²) in [6, 6.07) is 16.4. The van der Waals surface area contributed by atoms with Crippen molar-refractivity contribution >= 4 is 27.4 Å². The molecule has 0 amide bonds. The summed E-state index contributed by atoms with van der Waals surface area (Å²) < 4.78 is 26.1. The zero-order valence-corrected chi connectivity index (χ0v) is 14.2. The van der Waals surface area contributed by atoms with Crippen LogP contribution in [-0.4, -0.2) is 18.2 Å². The van der Waals surface area contributed by atoms with E-state index in [1.165, 1.54) is 24.5 Å². The van der Waals surface area contributed by atoms with Crippen LogP contribution in [0.3, 0.4) is 0 Å². The number of nitrogens with zero attached hydrogens (tertiary/aromatic N) is 1. The number of carbonyl (C=O) groups excluding carboxylic acids is 1. The third kappa shape index (κ3) is 3.42. The summed E-state index contributed by atoms with van der Waals surface area (Å²) in [4.78, 5) is 12.5. The molecular weight excluding hydrogens is 346 g/mol. The number of ketones is 1. The maximum absolute atomic E-state index is 12.5. The Morgan fingerprint density at radius 2 is 1.67 bits per heavy atom. The maximum atomic E-state index is 12.5. The molecule has 0 spiro atoms. The highest BCUT2D eigenvalue weighted by Crippen LogP contribution is 2.18. The Balaban J connectivity index is 1.89. The monoisotopic (exact) mass is 359 g/mol. The van der Waals surface area contributed by atoms with Gasteiger partial charge in [-0.1, -0.05) is 35.9 Å². The Labute approximate surface area is 145 Å². The molecule has 3 rings (SSSR count). The normalized spacial score (nSPS) is 11.4. The van der Waals surface area contributed by atoms with E-state index in [-0.39, 0.29) is 17.1 Å². The fourth-order valence-electron chi connectivity index (χ4n) is 2.37. The summed E-state index contributed by atoms with van der Waals surface area (Å²) in [5, 5.41) is 0.559. The van der Waals surface area contributed by atoms with E-state index in [2.05, 4.69) is 0 Å². The van der Waals surface area contributed by atoms with Gasteiger partial charge < -0.3 is 0 Å². The van der Waals surface area contributed by atoms with E-state index in [9.17, 15) is 13.2 Å². The Morgan fingerprint density at radius 3 is 2.38 bits per heavy atom. The maximum Gasteiger partial charge on any atom is 0.267 e. The summed E-state index contributed by atoms with van der Waals surface area (Å²) >= 11 is 5.92. The van der Waals surface area contributed by atoms with Crippen molar-refractivity contribution in [3.8, 4) is 0 Å². The molecule has 0 aliphatic heterocycles. The van der Waals surface area contributed by atoms with Gasteiger partial charge in [-0.3, -0.25) is 4.79 Å². The van der Waals surface area contributed by atoms with Crippen LogP contribution in [0.1, 0.15) is 15.9 Å². The minimum absolute atomic E-state index is 0.0793. The molecule has 4 nitrogen and oxygen atoms in total. The first-order valence-corrected chi connectivity index (χ1v) is 9.05. The summed E-state index contributed by atoms with van der Waals surface area (Å²) in [5.74, 6) is -0.165. The van der Waals surface area contributed by atoms with Crippen LogP contribution in [0.25, 0.3) is 0 Å². The van der Waals surface area contributed by atoms with Gasteiger partial charge in [-0.25, -0.2) is 12.4 Å². The van der Waals surface area contributed by atoms with Gasteiger partial charge in [0.1, 0.15) is 0 Å². The second kappa shape index (κ2) is 6.63. The van der Waals surface area contributed by atoms with Gasteiger partial charge in [0.05, 0.1) is 4.90 Å². The lowest BCUT2D eigenvalue weighted by Crippen LogP contribution is -2.12. The smallest absolute Gasteiger partial charge is 0.267 e. The van der Waals surface area contributed by atoms with E-state index >= 15 is 0 Å². The number of rotatable bonds is 5. The first-order valence-electron chi connectivity index (χ1n) is 7.23. The van der Waals surface area contributed by atoms with Crippen molar-refractivity contribution in [1.29, 1.82) is 0 Å². The predicted molar refractivity (Wildman–Crippen MR) is 92.9 cm³/mol. The van der Waals surface area contributed by atoms with Gasteiger partial charge in [-0.15, -0.1) is 0 Å². The summed E-state index contributed by atoms with van der Waals surface area (Å²) in [6.45, 7) is 0. The highest BCUT2D eigenvalue weighted by atomic mass is 35.5. The lowest BCUT2D eigenvalue weighted by Gasteiger charge is -2.08. The van der Waals surface area contributed by atoms with Crippen molar-refractivity contribution in [2.45, 2.75) is 11.3 Å². The SMILES string of the molecule is O=C(Cc1cccc(Cl)c1)c1cccc(S(=O)(=O)n2cccc2)c1. The molecule has 1 aromatic heterocycles. The van der Waals surface area contributed by atoms with Gasteiger partial charge in [0, 0.05) is 29.4 Å². The molecule has 0 aliphatic carbocycles. The molecule has 24 heavy (non-hydrogen) atoms. The van der Waals surface area contributed by atoms with Crippen LogP contribution >= 0.6 is 11.6 Å². The van der Waals surface area contributed by atoms with Crippen LogP contribution in [0.2, 0.25) is 5.02 Å². The highest BCUT2D eigenvalue weighted by molar-refractivity contribution is 7.90. The quantitative estimate of drug-likeness (QED) is 0.651. The molecule has 0 atom stereocenters. The number of hydrogen-bond acceptors (Lipinski definition) is 3. The standard InChI is InChI=1S/C18H14ClNO3S/c19-16-7-3-5-14(11-16)12-18(21)15-6-4-8-17(13-15)24(22,23)20-9-1-2-10-20/h1-11,13H,12H2. The van der Waals surface area contributed by atoms with Gasteiger partial charge in [0.15, 0.2) is 5.78 Å². The fourth-order valence-corrected chi connectivity index (χ4v) is 3.81. The lowest BCUT2D eigenvalue weighted by molar-refractivity contribution is 0.0993. The molecule has 3 aromatic rings. The molecule has 0 N–H and O–H groups in total. The van der Waals surface area contributed by atoms with E-state index in [1.807, 2.05) is 6.07 Å². The van der Waals surface area contributed by atoms with Gasteiger partial charge in [0.25, 0.3) is 10.0 Å². The first-order chi connectivity index (χ1) is 11.5. The van der Waals surface area contributed by atoms with E-state index in [0.29, 0.717) is 10.6 Å². The van der Waals surface area contributed by atoms with Crippen LogP contribution in [0.4, 0.5) is 0 Å². The molecule has 2 aromatic carbocycles. The van der Waals surface area contributed by atoms with E-state index in [1.54, 1.807) is 42.5 Å². The van der Waals surface area contributed by atoms with E-state index in [4.69, 9.17) is 11.6 Å². The lowest BCUT2D eigenvalue weighted by atomic mass is 10.0. The number of carbonyl (C=O) groups is 1.